The van der Waals surface area contributed by atoms with Gasteiger partial charge in [-0.2, -0.15) is 5.10 Å². The van der Waals surface area contributed by atoms with Crippen LogP contribution >= 0.6 is 11.6 Å². The summed E-state index contributed by atoms with van der Waals surface area (Å²) in [7, 11) is -1.34. The van der Waals surface area contributed by atoms with Crippen molar-refractivity contribution < 1.29 is 18.3 Å². The van der Waals surface area contributed by atoms with E-state index < -0.39 is 15.8 Å². The number of carboxylic acid groups (broad SMARTS) is 1. The van der Waals surface area contributed by atoms with E-state index in [-0.39, 0.29) is 30.6 Å². The molecule has 2 heterocycles. The Morgan fingerprint density at radius 1 is 1.57 bits per heavy atom. The fourth-order valence-corrected chi connectivity index (χ4v) is 4.58. The lowest BCUT2D eigenvalue weighted by Crippen LogP contribution is -2.39. The molecule has 1 fully saturated rings. The Morgan fingerprint density at radius 3 is 2.67 bits per heavy atom. The van der Waals surface area contributed by atoms with Crippen LogP contribution in [0.1, 0.15) is 17.8 Å². The minimum absolute atomic E-state index is 0.00523. The van der Waals surface area contributed by atoms with Crippen LogP contribution in [0.3, 0.4) is 0 Å². The zero-order chi connectivity index (χ0) is 15.8. The Hall–Kier alpha value is -1.12. The maximum Gasteiger partial charge on any atom is 0.317 e. The molecular formula is C12H18ClN3O4S. The Balaban J connectivity index is 2.23. The lowest BCUT2D eigenvalue weighted by atomic mass is 10.2. The van der Waals surface area contributed by atoms with Crippen molar-refractivity contribution in [2.45, 2.75) is 25.9 Å². The SMILES string of the molecule is Cc1nn(C)c(CN(CC(=O)O)C2CCS(=O)(=O)C2)c1Cl. The molecule has 1 unspecified atom stereocenters. The number of carboxylic acids is 1. The van der Waals surface area contributed by atoms with Crippen LogP contribution in [0.5, 0.6) is 0 Å². The van der Waals surface area contributed by atoms with Gasteiger partial charge in [0.1, 0.15) is 0 Å². The largest absolute Gasteiger partial charge is 0.480 e. The smallest absolute Gasteiger partial charge is 0.317 e. The molecule has 0 aromatic carbocycles. The second-order valence-corrected chi connectivity index (χ2v) is 7.93. The van der Waals surface area contributed by atoms with E-state index in [1.54, 1.807) is 23.6 Å². The van der Waals surface area contributed by atoms with Gasteiger partial charge in [-0.05, 0) is 13.3 Å². The van der Waals surface area contributed by atoms with Gasteiger partial charge >= 0.3 is 5.97 Å². The Kier molecular flexibility index (Phi) is 4.60. The molecular weight excluding hydrogens is 318 g/mol. The molecule has 0 spiro atoms. The minimum Gasteiger partial charge on any atom is -0.480 e. The third-order valence-corrected chi connectivity index (χ3v) is 5.92. The van der Waals surface area contributed by atoms with Crippen molar-refractivity contribution in [3.05, 3.63) is 16.4 Å². The van der Waals surface area contributed by atoms with Crippen molar-refractivity contribution in [3.63, 3.8) is 0 Å². The molecule has 7 nitrogen and oxygen atoms in total. The predicted octanol–water partition coefficient (Wildman–Crippen LogP) is 0.456. The summed E-state index contributed by atoms with van der Waals surface area (Å²) in [5.41, 5.74) is 1.36. The molecule has 9 heteroatoms. The molecule has 0 saturated carbocycles. The van der Waals surface area contributed by atoms with Crippen molar-refractivity contribution in [2.24, 2.45) is 7.05 Å². The van der Waals surface area contributed by atoms with Gasteiger partial charge in [-0.1, -0.05) is 11.6 Å². The number of carbonyl (C=O) groups is 1. The highest BCUT2D eigenvalue weighted by Gasteiger charge is 2.34. The average molecular weight is 336 g/mol. The number of aryl methyl sites for hydroxylation is 2. The first-order valence-corrected chi connectivity index (χ1v) is 8.74. The maximum absolute atomic E-state index is 11.6. The molecule has 1 aromatic rings. The van der Waals surface area contributed by atoms with E-state index in [1.807, 2.05) is 0 Å². The van der Waals surface area contributed by atoms with Crippen molar-refractivity contribution in [3.8, 4) is 0 Å². The molecule has 1 atom stereocenters. The summed E-state index contributed by atoms with van der Waals surface area (Å²) >= 11 is 6.18. The van der Waals surface area contributed by atoms with Crippen LogP contribution < -0.4 is 0 Å². The molecule has 0 radical (unpaired) electrons. The number of nitrogens with zero attached hydrogens (tertiary/aromatic N) is 3. The molecule has 1 aromatic heterocycles. The monoisotopic (exact) mass is 335 g/mol. The average Bonchev–Trinajstić information content (AvgIpc) is 2.82. The van der Waals surface area contributed by atoms with Gasteiger partial charge in [-0.15, -0.1) is 0 Å². The quantitative estimate of drug-likeness (QED) is 0.840. The second-order valence-electron chi connectivity index (χ2n) is 5.33. The van der Waals surface area contributed by atoms with Gasteiger partial charge in [0.2, 0.25) is 0 Å². The predicted molar refractivity (Wildman–Crippen MR) is 78.1 cm³/mol. The topological polar surface area (TPSA) is 92.5 Å². The van der Waals surface area contributed by atoms with Crippen LogP contribution in [0.15, 0.2) is 0 Å². The summed E-state index contributed by atoms with van der Waals surface area (Å²) in [4.78, 5) is 12.7. The lowest BCUT2D eigenvalue weighted by molar-refractivity contribution is -0.139. The molecule has 0 aliphatic carbocycles. The van der Waals surface area contributed by atoms with Crippen LogP contribution in [0.25, 0.3) is 0 Å². The first kappa shape index (κ1) is 16.3. The van der Waals surface area contributed by atoms with Gasteiger partial charge in [0.15, 0.2) is 9.84 Å². The van der Waals surface area contributed by atoms with Crippen molar-refractivity contribution in [1.82, 2.24) is 14.7 Å². The lowest BCUT2D eigenvalue weighted by Gasteiger charge is -2.26. The summed E-state index contributed by atoms with van der Waals surface area (Å²) in [6, 6.07) is -0.294. The van der Waals surface area contributed by atoms with Crippen LogP contribution in [-0.2, 0) is 28.2 Å². The van der Waals surface area contributed by atoms with Gasteiger partial charge in [-0.3, -0.25) is 14.4 Å². The van der Waals surface area contributed by atoms with E-state index in [1.165, 1.54) is 0 Å². The van der Waals surface area contributed by atoms with Crippen molar-refractivity contribution in [1.29, 1.82) is 0 Å². The molecule has 0 bridgehead atoms. The fourth-order valence-electron chi connectivity index (χ4n) is 2.60. The molecule has 21 heavy (non-hydrogen) atoms. The second kappa shape index (κ2) is 5.94. The summed E-state index contributed by atoms with van der Waals surface area (Å²) in [5.74, 6) is -0.893. The molecule has 118 valence electrons. The number of aromatic nitrogens is 2. The summed E-state index contributed by atoms with van der Waals surface area (Å²) in [5, 5.41) is 13.7. The molecule has 1 saturated heterocycles. The molecule has 1 N–H and O–H groups in total. The fraction of sp³-hybridized carbons (Fsp3) is 0.667. The molecule has 0 amide bonds. The van der Waals surface area contributed by atoms with Gasteiger partial charge in [0.05, 0.1) is 34.5 Å². The molecule has 1 aliphatic rings. The van der Waals surface area contributed by atoms with E-state index in [4.69, 9.17) is 16.7 Å². The van der Waals surface area contributed by atoms with Crippen molar-refractivity contribution in [2.75, 3.05) is 18.1 Å². The normalized spacial score (nSPS) is 21.0. The standard InChI is InChI=1S/C12H18ClN3O4S/c1-8-12(13)10(15(2)14-8)5-16(6-11(17)18)9-3-4-21(19,20)7-9/h9H,3-7H2,1-2H3,(H,17,18). The number of hydrogen-bond acceptors (Lipinski definition) is 5. The number of aliphatic carboxylic acids is 1. The van der Waals surface area contributed by atoms with Gasteiger partial charge < -0.3 is 5.11 Å². The van der Waals surface area contributed by atoms with Crippen molar-refractivity contribution >= 4 is 27.4 Å². The molecule has 1 aliphatic heterocycles. The highest BCUT2D eigenvalue weighted by atomic mass is 35.5. The Labute approximate surface area is 128 Å². The van der Waals surface area contributed by atoms with Crippen LogP contribution in [-0.4, -0.2) is 58.3 Å². The zero-order valence-electron chi connectivity index (χ0n) is 11.9. The number of halogens is 1. The number of rotatable bonds is 5. The van der Waals surface area contributed by atoms with E-state index >= 15 is 0 Å². The van der Waals surface area contributed by atoms with E-state index in [0.717, 1.165) is 0 Å². The third-order valence-electron chi connectivity index (χ3n) is 3.68. The zero-order valence-corrected chi connectivity index (χ0v) is 13.5. The van der Waals surface area contributed by atoms with Gasteiger partial charge in [0, 0.05) is 19.6 Å². The van der Waals surface area contributed by atoms with Crippen LogP contribution in [0, 0.1) is 6.92 Å². The maximum atomic E-state index is 11.6. The van der Waals surface area contributed by atoms with Crippen LogP contribution in [0.2, 0.25) is 5.02 Å². The number of sulfone groups is 1. The first-order chi connectivity index (χ1) is 9.69. The van der Waals surface area contributed by atoms with E-state index in [0.29, 0.717) is 22.8 Å². The van der Waals surface area contributed by atoms with Gasteiger partial charge in [0.25, 0.3) is 0 Å². The summed E-state index contributed by atoms with van der Waals surface area (Å²) in [6.45, 7) is 1.82. The van der Waals surface area contributed by atoms with Crippen LogP contribution in [0.4, 0.5) is 0 Å². The van der Waals surface area contributed by atoms with E-state index in [2.05, 4.69) is 5.10 Å². The highest BCUT2D eigenvalue weighted by molar-refractivity contribution is 7.91. The molecule has 2 rings (SSSR count). The summed E-state index contributed by atoms with van der Waals surface area (Å²) < 4.78 is 24.8. The Bertz CT molecular complexity index is 656. The highest BCUT2D eigenvalue weighted by Crippen LogP contribution is 2.24. The minimum atomic E-state index is -3.07. The van der Waals surface area contributed by atoms with E-state index in [9.17, 15) is 13.2 Å². The van der Waals surface area contributed by atoms with Gasteiger partial charge in [-0.25, -0.2) is 8.42 Å². The Morgan fingerprint density at radius 2 is 2.24 bits per heavy atom. The first-order valence-electron chi connectivity index (χ1n) is 6.54. The number of hydrogen-bond donors (Lipinski definition) is 1. The summed E-state index contributed by atoms with van der Waals surface area (Å²) in [6.07, 6.45) is 0.448. The third kappa shape index (κ3) is 3.75.